The molecule has 2 heterocycles. The Balaban J connectivity index is 2.01. The van der Waals surface area contributed by atoms with Gasteiger partial charge in [-0.1, -0.05) is 0 Å². The first-order chi connectivity index (χ1) is 16.2. The number of hydrogen-bond donors (Lipinski definition) is 8. The maximum absolute atomic E-state index is 12.9. The Kier molecular flexibility index (Phi) is 10.3. The SMILES string of the molecule is CC(NC(=O)C1CCCN1)C(=O)NC(CCCN=C(N)N)C(=O)NC(Cc1cnc[nH]1)C(=O)O. The number of hydrogen-bond acceptors (Lipinski definition) is 7. The third-order valence-corrected chi connectivity index (χ3v) is 5.30. The van der Waals surface area contributed by atoms with E-state index in [0.29, 0.717) is 18.5 Å². The second-order valence-electron chi connectivity index (χ2n) is 8.07. The number of aliphatic carboxylic acids is 1. The number of carbonyl (C=O) groups excluding carboxylic acids is 3. The lowest BCUT2D eigenvalue weighted by atomic mass is 10.1. The molecule has 1 aromatic heterocycles. The zero-order valence-electron chi connectivity index (χ0n) is 19.0. The standard InChI is InChI=1S/C20H33N9O5/c1-11(27-17(31)13-4-2-6-24-13)16(30)28-14(5-3-7-25-20(21)22)18(32)29-15(19(33)34)8-12-9-23-10-26-12/h9-11,13-15,24H,2-8H2,1H3,(H,23,26)(H,27,31)(H,28,30)(H,29,32)(H,33,34)(H4,21,22,25). The molecule has 0 radical (unpaired) electrons. The zero-order valence-corrected chi connectivity index (χ0v) is 19.0. The van der Waals surface area contributed by atoms with Gasteiger partial charge in [0.1, 0.15) is 18.1 Å². The van der Waals surface area contributed by atoms with Crippen molar-refractivity contribution in [2.75, 3.05) is 13.1 Å². The summed E-state index contributed by atoms with van der Waals surface area (Å²) in [4.78, 5) is 60.0. The molecule has 0 aromatic carbocycles. The molecule has 14 nitrogen and oxygen atoms in total. The highest BCUT2D eigenvalue weighted by Crippen LogP contribution is 2.06. The fourth-order valence-electron chi connectivity index (χ4n) is 3.45. The summed E-state index contributed by atoms with van der Waals surface area (Å²) in [6, 6.07) is -3.55. The molecule has 0 aliphatic carbocycles. The van der Waals surface area contributed by atoms with Gasteiger partial charge in [0.2, 0.25) is 17.7 Å². The van der Waals surface area contributed by atoms with E-state index in [1.165, 1.54) is 19.4 Å². The molecule has 0 saturated carbocycles. The van der Waals surface area contributed by atoms with Crippen LogP contribution in [0, 0.1) is 0 Å². The van der Waals surface area contributed by atoms with Crippen LogP contribution in [0.4, 0.5) is 0 Å². The van der Waals surface area contributed by atoms with Crippen molar-refractivity contribution in [3.05, 3.63) is 18.2 Å². The van der Waals surface area contributed by atoms with Crippen LogP contribution < -0.4 is 32.7 Å². The molecule has 0 bridgehead atoms. The van der Waals surface area contributed by atoms with Crippen molar-refractivity contribution in [3.63, 3.8) is 0 Å². The van der Waals surface area contributed by atoms with Crippen LogP contribution in [0.25, 0.3) is 0 Å². The number of aromatic nitrogens is 2. The van der Waals surface area contributed by atoms with E-state index in [-0.39, 0.29) is 37.3 Å². The first-order valence-corrected chi connectivity index (χ1v) is 11.1. The number of nitrogens with one attached hydrogen (secondary N) is 5. The van der Waals surface area contributed by atoms with Crippen LogP contribution in [-0.2, 0) is 25.6 Å². The third kappa shape index (κ3) is 8.69. The van der Waals surface area contributed by atoms with Crippen LogP contribution >= 0.6 is 0 Å². The van der Waals surface area contributed by atoms with Gasteiger partial charge in [0, 0.05) is 24.9 Å². The third-order valence-electron chi connectivity index (χ3n) is 5.30. The fourth-order valence-corrected chi connectivity index (χ4v) is 3.45. The first kappa shape index (κ1) is 26.6. The van der Waals surface area contributed by atoms with Crippen molar-refractivity contribution >= 4 is 29.7 Å². The van der Waals surface area contributed by atoms with Gasteiger partial charge in [-0.2, -0.15) is 0 Å². The van der Waals surface area contributed by atoms with Crippen LogP contribution in [0.3, 0.4) is 0 Å². The molecular formula is C20H33N9O5. The highest BCUT2D eigenvalue weighted by molar-refractivity contribution is 5.94. The van der Waals surface area contributed by atoms with Crippen molar-refractivity contribution < 1.29 is 24.3 Å². The number of aliphatic imine (C=N–C) groups is 1. The van der Waals surface area contributed by atoms with E-state index in [4.69, 9.17) is 11.5 Å². The van der Waals surface area contributed by atoms with Gasteiger partial charge in [-0.3, -0.25) is 19.4 Å². The average molecular weight is 480 g/mol. The van der Waals surface area contributed by atoms with E-state index in [1.807, 2.05) is 0 Å². The Morgan fingerprint density at radius 2 is 1.94 bits per heavy atom. The normalized spacial score (nSPS) is 17.7. The summed E-state index contributed by atoms with van der Waals surface area (Å²) in [5.74, 6) is -2.89. The summed E-state index contributed by atoms with van der Waals surface area (Å²) >= 11 is 0. The minimum atomic E-state index is -1.24. The molecule has 14 heteroatoms. The van der Waals surface area contributed by atoms with Crippen molar-refractivity contribution in [3.8, 4) is 0 Å². The van der Waals surface area contributed by atoms with E-state index in [9.17, 15) is 24.3 Å². The summed E-state index contributed by atoms with van der Waals surface area (Å²) < 4.78 is 0. The predicted octanol–water partition coefficient (Wildman–Crippen LogP) is -2.68. The monoisotopic (exact) mass is 479 g/mol. The van der Waals surface area contributed by atoms with Gasteiger partial charge in [-0.15, -0.1) is 0 Å². The Labute approximate surface area is 196 Å². The Bertz CT molecular complexity index is 864. The maximum Gasteiger partial charge on any atom is 0.326 e. The number of aromatic amines is 1. The number of H-pyrrole nitrogens is 1. The predicted molar refractivity (Wildman–Crippen MR) is 122 cm³/mol. The minimum absolute atomic E-state index is 0.0173. The second kappa shape index (κ2) is 13.1. The summed E-state index contributed by atoms with van der Waals surface area (Å²) in [6.07, 6.45) is 4.90. The number of rotatable bonds is 13. The highest BCUT2D eigenvalue weighted by Gasteiger charge is 2.30. The first-order valence-electron chi connectivity index (χ1n) is 11.1. The number of carbonyl (C=O) groups is 4. The molecule has 1 saturated heterocycles. The number of carboxylic acid groups (broad SMARTS) is 1. The maximum atomic E-state index is 12.9. The van der Waals surface area contributed by atoms with Crippen LogP contribution in [0.15, 0.2) is 17.5 Å². The molecule has 4 atom stereocenters. The highest BCUT2D eigenvalue weighted by atomic mass is 16.4. The molecular weight excluding hydrogens is 446 g/mol. The van der Waals surface area contributed by atoms with Crippen molar-refractivity contribution in [1.82, 2.24) is 31.2 Å². The van der Waals surface area contributed by atoms with Crippen LogP contribution in [0.5, 0.6) is 0 Å². The lowest BCUT2D eigenvalue weighted by molar-refractivity contribution is -0.142. The molecule has 4 unspecified atom stereocenters. The Hall–Kier alpha value is -3.68. The van der Waals surface area contributed by atoms with E-state index in [0.717, 1.165) is 13.0 Å². The number of amides is 3. The summed E-state index contributed by atoms with van der Waals surface area (Å²) in [5, 5.41) is 20.2. The molecule has 1 aromatic rings. The van der Waals surface area contributed by atoms with Gasteiger partial charge in [0.15, 0.2) is 5.96 Å². The molecule has 1 fully saturated rings. The molecule has 2 rings (SSSR count). The van der Waals surface area contributed by atoms with Gasteiger partial charge in [-0.05, 0) is 39.2 Å². The van der Waals surface area contributed by atoms with Crippen LogP contribution in [-0.4, -0.2) is 82.0 Å². The summed E-state index contributed by atoms with van der Waals surface area (Å²) in [6.45, 7) is 2.47. The number of carboxylic acids is 1. The molecule has 1 aliphatic rings. The quantitative estimate of drug-likeness (QED) is 0.0835. The lowest BCUT2D eigenvalue weighted by Crippen LogP contribution is -2.56. The van der Waals surface area contributed by atoms with Crippen molar-refractivity contribution in [2.45, 2.75) is 63.2 Å². The molecule has 10 N–H and O–H groups in total. The Morgan fingerprint density at radius 3 is 2.53 bits per heavy atom. The van der Waals surface area contributed by atoms with Crippen molar-refractivity contribution in [2.24, 2.45) is 16.5 Å². The largest absolute Gasteiger partial charge is 0.480 e. The van der Waals surface area contributed by atoms with E-state index >= 15 is 0 Å². The smallest absolute Gasteiger partial charge is 0.326 e. The van der Waals surface area contributed by atoms with E-state index in [2.05, 4.69) is 36.2 Å². The fraction of sp³-hybridized carbons (Fsp3) is 0.600. The van der Waals surface area contributed by atoms with Crippen LogP contribution in [0.2, 0.25) is 0 Å². The zero-order chi connectivity index (χ0) is 25.1. The topological polar surface area (TPSA) is 230 Å². The summed E-state index contributed by atoms with van der Waals surface area (Å²) in [5.41, 5.74) is 11.1. The van der Waals surface area contributed by atoms with E-state index in [1.54, 1.807) is 0 Å². The van der Waals surface area contributed by atoms with Gasteiger partial charge >= 0.3 is 5.97 Å². The van der Waals surface area contributed by atoms with Gasteiger partial charge in [-0.25, -0.2) is 9.78 Å². The number of nitrogens with zero attached hydrogens (tertiary/aromatic N) is 2. The van der Waals surface area contributed by atoms with Crippen LogP contribution in [0.1, 0.15) is 38.3 Å². The van der Waals surface area contributed by atoms with Crippen molar-refractivity contribution in [1.29, 1.82) is 0 Å². The molecule has 188 valence electrons. The molecule has 3 amide bonds. The molecule has 0 spiro atoms. The minimum Gasteiger partial charge on any atom is -0.480 e. The van der Waals surface area contributed by atoms with Gasteiger partial charge < -0.3 is 42.8 Å². The number of guanidine groups is 1. The second-order valence-corrected chi connectivity index (χ2v) is 8.07. The lowest BCUT2D eigenvalue weighted by Gasteiger charge is -2.23. The Morgan fingerprint density at radius 1 is 1.21 bits per heavy atom. The molecule has 34 heavy (non-hydrogen) atoms. The summed E-state index contributed by atoms with van der Waals surface area (Å²) in [7, 11) is 0. The van der Waals surface area contributed by atoms with Gasteiger partial charge in [0.25, 0.3) is 0 Å². The van der Waals surface area contributed by atoms with E-state index < -0.39 is 35.9 Å². The average Bonchev–Trinajstić information content (AvgIpc) is 3.49. The number of nitrogens with two attached hydrogens (primary N) is 2. The number of imidazole rings is 1. The molecule has 1 aliphatic heterocycles. The van der Waals surface area contributed by atoms with Gasteiger partial charge in [0.05, 0.1) is 12.4 Å².